The highest BCUT2D eigenvalue weighted by molar-refractivity contribution is 5.44. The lowest BCUT2D eigenvalue weighted by Gasteiger charge is -2.05. The Balaban J connectivity index is 2.33. The smallest absolute Gasteiger partial charge is 0.149 e. The van der Waals surface area contributed by atoms with Gasteiger partial charge in [-0.1, -0.05) is 12.1 Å². The van der Waals surface area contributed by atoms with Crippen LogP contribution in [-0.4, -0.2) is 21.5 Å². The van der Waals surface area contributed by atoms with Gasteiger partial charge < -0.3 is 11.1 Å². The van der Waals surface area contributed by atoms with E-state index in [1.165, 1.54) is 0 Å². The van der Waals surface area contributed by atoms with Crippen molar-refractivity contribution in [2.75, 3.05) is 11.9 Å². The molecule has 0 radical (unpaired) electrons. The molecule has 1 atom stereocenters. The number of nitrogens with one attached hydrogen (secondary N) is 1. The molecule has 3 N–H and O–H groups in total. The molecule has 0 saturated carbocycles. The fraction of sp³-hybridized carbons (Fsp3) is 0.714. The quantitative estimate of drug-likeness (QED) is 0.656. The third-order valence-electron chi connectivity index (χ3n) is 2.17. The van der Waals surface area contributed by atoms with Gasteiger partial charge in [-0.05, 0) is 6.42 Å². The van der Waals surface area contributed by atoms with Crippen LogP contribution in [-0.2, 0) is 6.54 Å². The van der Waals surface area contributed by atoms with E-state index in [4.69, 9.17) is 5.73 Å². The molecular formula is C7H13N5. The molecule has 2 rings (SSSR count). The lowest BCUT2D eigenvalue weighted by molar-refractivity contribution is 0.638. The van der Waals surface area contributed by atoms with Crippen LogP contribution in [0.3, 0.4) is 0 Å². The summed E-state index contributed by atoms with van der Waals surface area (Å²) >= 11 is 0. The van der Waals surface area contributed by atoms with Gasteiger partial charge in [0.2, 0.25) is 0 Å². The van der Waals surface area contributed by atoms with Gasteiger partial charge in [0.1, 0.15) is 11.5 Å². The number of rotatable bonds is 2. The van der Waals surface area contributed by atoms with E-state index in [1.54, 1.807) is 0 Å². The third-order valence-corrected chi connectivity index (χ3v) is 2.17. The Morgan fingerprint density at radius 1 is 1.75 bits per heavy atom. The number of hydrogen-bond donors (Lipinski definition) is 2. The van der Waals surface area contributed by atoms with Gasteiger partial charge in [-0.25, -0.2) is 4.68 Å². The van der Waals surface area contributed by atoms with Crippen LogP contribution < -0.4 is 11.1 Å². The highest BCUT2D eigenvalue weighted by Gasteiger charge is 2.20. The molecule has 12 heavy (non-hydrogen) atoms. The van der Waals surface area contributed by atoms with E-state index in [2.05, 4.69) is 15.6 Å². The van der Waals surface area contributed by atoms with Crippen LogP contribution in [0.15, 0.2) is 0 Å². The summed E-state index contributed by atoms with van der Waals surface area (Å²) in [5.41, 5.74) is 6.75. The van der Waals surface area contributed by atoms with Crippen LogP contribution in [0.25, 0.3) is 0 Å². The molecule has 0 spiro atoms. The van der Waals surface area contributed by atoms with Gasteiger partial charge in [-0.2, -0.15) is 0 Å². The first-order valence-corrected chi connectivity index (χ1v) is 4.25. The number of hydrogen-bond acceptors (Lipinski definition) is 4. The first kappa shape index (κ1) is 7.54. The monoisotopic (exact) mass is 167 g/mol. The van der Waals surface area contributed by atoms with Crippen molar-refractivity contribution < 1.29 is 0 Å². The topological polar surface area (TPSA) is 68.8 Å². The fourth-order valence-electron chi connectivity index (χ4n) is 1.39. The minimum absolute atomic E-state index is 0.0133. The van der Waals surface area contributed by atoms with Crippen molar-refractivity contribution in [2.45, 2.75) is 25.9 Å². The van der Waals surface area contributed by atoms with Crippen LogP contribution in [0.1, 0.15) is 25.1 Å². The lowest BCUT2D eigenvalue weighted by atomic mass is 10.2. The second kappa shape index (κ2) is 2.75. The Morgan fingerprint density at radius 3 is 3.33 bits per heavy atom. The van der Waals surface area contributed by atoms with Crippen molar-refractivity contribution >= 4 is 5.82 Å². The molecule has 1 aromatic rings. The van der Waals surface area contributed by atoms with E-state index in [9.17, 15) is 0 Å². The van der Waals surface area contributed by atoms with Gasteiger partial charge in [0.15, 0.2) is 0 Å². The van der Waals surface area contributed by atoms with Gasteiger partial charge >= 0.3 is 0 Å². The summed E-state index contributed by atoms with van der Waals surface area (Å²) < 4.78 is 1.87. The second-order valence-electron chi connectivity index (χ2n) is 2.99. The van der Waals surface area contributed by atoms with Crippen molar-refractivity contribution in [3.8, 4) is 0 Å². The molecule has 1 aromatic heterocycles. The van der Waals surface area contributed by atoms with E-state index < -0.39 is 0 Å². The van der Waals surface area contributed by atoms with Crippen molar-refractivity contribution in [2.24, 2.45) is 5.73 Å². The highest BCUT2D eigenvalue weighted by atomic mass is 15.5. The van der Waals surface area contributed by atoms with Gasteiger partial charge in [-0.15, -0.1) is 5.10 Å². The van der Waals surface area contributed by atoms with Gasteiger partial charge in [0, 0.05) is 6.54 Å². The van der Waals surface area contributed by atoms with Gasteiger partial charge in [0.05, 0.1) is 12.6 Å². The SMILES string of the molecule is CCC(N)c1nnn2c1NCC2. The zero-order chi connectivity index (χ0) is 8.55. The average molecular weight is 167 g/mol. The Kier molecular flexibility index (Phi) is 1.73. The van der Waals surface area contributed by atoms with Crippen LogP contribution in [0.2, 0.25) is 0 Å². The fourth-order valence-corrected chi connectivity index (χ4v) is 1.39. The Bertz CT molecular complexity index is 279. The molecule has 0 fully saturated rings. The molecule has 0 aliphatic carbocycles. The van der Waals surface area contributed by atoms with Crippen molar-refractivity contribution in [3.05, 3.63) is 5.69 Å². The summed E-state index contributed by atoms with van der Waals surface area (Å²) in [4.78, 5) is 0. The summed E-state index contributed by atoms with van der Waals surface area (Å²) in [7, 11) is 0. The minimum atomic E-state index is 0.0133. The van der Waals surface area contributed by atoms with Crippen LogP contribution in [0.5, 0.6) is 0 Å². The molecule has 5 heteroatoms. The van der Waals surface area contributed by atoms with E-state index in [1.807, 2.05) is 11.6 Å². The normalized spacial score (nSPS) is 17.2. The average Bonchev–Trinajstić information content (AvgIpc) is 2.62. The number of nitrogens with zero attached hydrogens (tertiary/aromatic N) is 3. The maximum absolute atomic E-state index is 5.86. The molecule has 1 aliphatic rings. The molecule has 5 nitrogen and oxygen atoms in total. The Labute approximate surface area is 70.9 Å². The Hall–Kier alpha value is -1.10. The molecule has 0 aromatic carbocycles. The Morgan fingerprint density at radius 2 is 2.58 bits per heavy atom. The maximum atomic E-state index is 5.86. The second-order valence-corrected chi connectivity index (χ2v) is 2.99. The van der Waals surface area contributed by atoms with Crippen LogP contribution in [0.4, 0.5) is 5.82 Å². The minimum Gasteiger partial charge on any atom is -0.367 e. The first-order chi connectivity index (χ1) is 5.83. The molecule has 0 bridgehead atoms. The molecule has 2 heterocycles. The van der Waals surface area contributed by atoms with E-state index in [0.29, 0.717) is 0 Å². The molecular weight excluding hydrogens is 154 g/mol. The zero-order valence-corrected chi connectivity index (χ0v) is 7.12. The predicted molar refractivity (Wildman–Crippen MR) is 45.7 cm³/mol. The summed E-state index contributed by atoms with van der Waals surface area (Å²) in [6.07, 6.45) is 0.896. The van der Waals surface area contributed by atoms with Crippen molar-refractivity contribution in [1.82, 2.24) is 15.0 Å². The van der Waals surface area contributed by atoms with Crippen molar-refractivity contribution in [1.29, 1.82) is 0 Å². The van der Waals surface area contributed by atoms with Crippen molar-refractivity contribution in [3.63, 3.8) is 0 Å². The van der Waals surface area contributed by atoms with Gasteiger partial charge in [-0.3, -0.25) is 0 Å². The molecule has 0 amide bonds. The zero-order valence-electron chi connectivity index (χ0n) is 7.12. The summed E-state index contributed by atoms with van der Waals surface area (Å²) in [6, 6.07) is 0.0133. The number of aromatic nitrogens is 3. The summed E-state index contributed by atoms with van der Waals surface area (Å²) in [5, 5.41) is 11.2. The first-order valence-electron chi connectivity index (χ1n) is 4.25. The standard InChI is InChI=1S/C7H13N5/c1-2-5(8)6-7-9-3-4-12(7)11-10-6/h5,9H,2-4,8H2,1H3. The lowest BCUT2D eigenvalue weighted by Crippen LogP contribution is -2.11. The molecule has 1 aliphatic heterocycles. The van der Waals surface area contributed by atoms with Crippen LogP contribution >= 0.6 is 0 Å². The number of fused-ring (bicyclic) bond motifs is 1. The summed E-state index contributed by atoms with van der Waals surface area (Å²) in [5.74, 6) is 1.00. The van der Waals surface area contributed by atoms with E-state index in [0.717, 1.165) is 31.0 Å². The van der Waals surface area contributed by atoms with Crippen LogP contribution in [0, 0.1) is 0 Å². The highest BCUT2D eigenvalue weighted by Crippen LogP contribution is 2.23. The number of nitrogens with two attached hydrogens (primary N) is 1. The summed E-state index contributed by atoms with van der Waals surface area (Å²) in [6.45, 7) is 3.89. The molecule has 1 unspecified atom stereocenters. The van der Waals surface area contributed by atoms with E-state index >= 15 is 0 Å². The predicted octanol–water partition coefficient (Wildman–Crippen LogP) is 0.113. The maximum Gasteiger partial charge on any atom is 0.149 e. The van der Waals surface area contributed by atoms with Gasteiger partial charge in [0.25, 0.3) is 0 Å². The molecule has 0 saturated heterocycles. The van der Waals surface area contributed by atoms with E-state index in [-0.39, 0.29) is 6.04 Å². The number of anilines is 1. The molecule has 66 valence electrons. The largest absolute Gasteiger partial charge is 0.367 e. The third kappa shape index (κ3) is 0.972.